The molecule has 0 aliphatic carbocycles. The van der Waals surface area contributed by atoms with Gasteiger partial charge in [0.25, 0.3) is 0 Å². The second-order valence-corrected chi connectivity index (χ2v) is 6.44. The summed E-state index contributed by atoms with van der Waals surface area (Å²) in [6.45, 7) is 7.22. The van der Waals surface area contributed by atoms with Crippen molar-refractivity contribution in [3.05, 3.63) is 113 Å². The van der Waals surface area contributed by atoms with E-state index in [2.05, 4.69) is 34.9 Å². The Kier molecular flexibility index (Phi) is 16.4. The van der Waals surface area contributed by atoms with Crippen LogP contribution >= 0.6 is 0 Å². The minimum atomic E-state index is 0. The number of hydrogen-bond acceptors (Lipinski definition) is 3. The van der Waals surface area contributed by atoms with E-state index in [1.807, 2.05) is 79.1 Å². The van der Waals surface area contributed by atoms with Crippen LogP contribution in [0.25, 0.3) is 33.5 Å². The minimum Gasteiger partial charge on any atom is -0.814 e. The van der Waals surface area contributed by atoms with Crippen molar-refractivity contribution in [3.8, 4) is 22.6 Å². The Hall–Kier alpha value is -3.37. The monoisotopic (exact) mass is 524 g/mol. The smallest absolute Gasteiger partial charge is 0.814 e. The first kappa shape index (κ1) is 29.6. The summed E-state index contributed by atoms with van der Waals surface area (Å²) in [6.07, 6.45) is 7.42. The van der Waals surface area contributed by atoms with Crippen LogP contribution in [0.4, 0.5) is 0 Å². The minimum absolute atomic E-state index is 0. The van der Waals surface area contributed by atoms with E-state index in [0.717, 1.165) is 35.1 Å². The van der Waals surface area contributed by atoms with E-state index in [9.17, 15) is 0 Å². The average molecular weight is 524 g/mol. The summed E-state index contributed by atoms with van der Waals surface area (Å²) in [5.74, 6) is 0. The molecular weight excluding hydrogens is 495 g/mol. The maximum Gasteiger partial charge on any atom is 3.00 e. The van der Waals surface area contributed by atoms with Crippen LogP contribution in [0.2, 0.25) is 0 Å². The normalized spacial score (nSPS) is 8.61. The fraction of sp³-hybridized carbons (Fsp3) is 0.148. The summed E-state index contributed by atoms with van der Waals surface area (Å²) in [5.41, 5.74) is 6.30. The van der Waals surface area contributed by atoms with Crippen molar-refractivity contribution in [1.29, 1.82) is 0 Å². The number of nitrogens with zero attached hydrogens (tertiary/aromatic N) is 5. The van der Waals surface area contributed by atoms with Gasteiger partial charge in [-0.15, -0.1) is 35.9 Å². The molecule has 6 heteroatoms. The first-order valence-corrected chi connectivity index (χ1v) is 10.1. The molecule has 0 spiro atoms. The van der Waals surface area contributed by atoms with E-state index < -0.39 is 0 Å². The molecule has 0 atom stereocenters. The van der Waals surface area contributed by atoms with Crippen LogP contribution in [0, 0.1) is 19.9 Å². The Morgan fingerprint density at radius 2 is 1.15 bits per heavy atom. The molecule has 0 N–H and O–H groups in total. The molecule has 169 valence electrons. The second kappa shape index (κ2) is 18.2. The van der Waals surface area contributed by atoms with Gasteiger partial charge in [0.05, 0.1) is 11.4 Å². The van der Waals surface area contributed by atoms with Crippen LogP contribution in [-0.4, -0.2) is 27.4 Å². The largest absolute Gasteiger partial charge is 3.00 e. The summed E-state index contributed by atoms with van der Waals surface area (Å²) in [6, 6.07) is 24.9. The second-order valence-electron chi connectivity index (χ2n) is 6.44. The summed E-state index contributed by atoms with van der Waals surface area (Å²) in [7, 11) is 0. The molecule has 3 aromatic heterocycles. The molecule has 0 saturated heterocycles. The fourth-order valence-electron chi connectivity index (χ4n) is 2.43. The third-order valence-electron chi connectivity index (χ3n) is 3.74. The third-order valence-corrected chi connectivity index (χ3v) is 3.74. The van der Waals surface area contributed by atoms with Gasteiger partial charge in [-0.1, -0.05) is 26.0 Å². The zero-order chi connectivity index (χ0) is 23.6. The quantitative estimate of drug-likeness (QED) is 0.169. The van der Waals surface area contributed by atoms with Gasteiger partial charge in [-0.25, -0.2) is 12.4 Å². The molecule has 4 aromatic rings. The molecule has 3 heterocycles. The van der Waals surface area contributed by atoms with Crippen LogP contribution in [0.1, 0.15) is 25.0 Å². The van der Waals surface area contributed by atoms with Crippen LogP contribution in [0.15, 0.2) is 85.3 Å². The number of benzene rings is 1. The summed E-state index contributed by atoms with van der Waals surface area (Å²) >= 11 is 0. The van der Waals surface area contributed by atoms with Crippen molar-refractivity contribution in [2.24, 2.45) is 0 Å². The number of aryl methyl sites for hydroxylation is 2. The average Bonchev–Trinajstić information content (AvgIpc) is 2.82. The number of hydrogen-bond donors (Lipinski definition) is 0. The van der Waals surface area contributed by atoms with Gasteiger partial charge in [0.15, 0.2) is 0 Å². The van der Waals surface area contributed by atoms with Gasteiger partial charge in [-0.2, -0.15) is 0 Å². The molecule has 33 heavy (non-hydrogen) atoms. The van der Waals surface area contributed by atoms with Crippen LogP contribution in [-0.2, 0) is 19.5 Å². The summed E-state index contributed by atoms with van der Waals surface area (Å²) < 4.78 is 0. The molecule has 0 saturated carbocycles. The van der Waals surface area contributed by atoms with Crippen molar-refractivity contribution in [2.45, 2.75) is 27.7 Å². The van der Waals surface area contributed by atoms with Crippen LogP contribution < -0.4 is 0 Å². The Balaban J connectivity index is 0.000000493. The fourth-order valence-corrected chi connectivity index (χ4v) is 2.43. The van der Waals surface area contributed by atoms with Crippen molar-refractivity contribution in [1.82, 2.24) is 15.0 Å². The van der Waals surface area contributed by atoms with E-state index in [1.165, 1.54) is 11.1 Å². The molecule has 0 bridgehead atoms. The van der Waals surface area contributed by atoms with Crippen molar-refractivity contribution in [3.63, 3.8) is 0 Å². The zero-order valence-electron chi connectivity index (χ0n) is 19.3. The van der Waals surface area contributed by atoms with Crippen LogP contribution in [0.5, 0.6) is 0 Å². The standard InChI is InChI=1S/C12H12N2.C11H8N.2C2H4N.Ru/c1-9-3-5-13-11(7-9)12-8-10(2)4-6-14-12;1-2-6-10(7-3-1)11-8-4-5-9-12-11;2*1-2-3;/h3-8H,1-2H3;1-6,8-9H;2*2H,1H3;/q;3*-1;+3. The van der Waals surface area contributed by atoms with E-state index in [4.69, 9.17) is 10.8 Å². The van der Waals surface area contributed by atoms with Gasteiger partial charge in [0.2, 0.25) is 0 Å². The molecule has 5 nitrogen and oxygen atoms in total. The van der Waals surface area contributed by atoms with Gasteiger partial charge in [-0.3, -0.25) is 9.97 Å². The maximum atomic E-state index is 7.44. The molecule has 0 aliphatic heterocycles. The predicted molar refractivity (Wildman–Crippen MR) is 136 cm³/mol. The Morgan fingerprint density at radius 3 is 1.55 bits per heavy atom. The number of aromatic nitrogens is 3. The maximum absolute atomic E-state index is 7.44. The molecular formula is C27H28N5Ru. The number of pyridine rings is 3. The topological polar surface area (TPSA) is 83.3 Å². The third kappa shape index (κ3) is 12.3. The first-order chi connectivity index (χ1) is 15.5. The Morgan fingerprint density at radius 1 is 0.667 bits per heavy atom. The molecule has 1 aromatic carbocycles. The van der Waals surface area contributed by atoms with Gasteiger partial charge < -0.3 is 15.8 Å². The van der Waals surface area contributed by atoms with E-state index in [-0.39, 0.29) is 19.5 Å². The van der Waals surface area contributed by atoms with E-state index in [1.54, 1.807) is 20.0 Å². The molecule has 4 rings (SSSR count). The zero-order valence-corrected chi connectivity index (χ0v) is 21.1. The van der Waals surface area contributed by atoms with Crippen LogP contribution in [0.3, 0.4) is 0 Å². The predicted octanol–water partition coefficient (Wildman–Crippen LogP) is 6.60. The SMILES string of the molecule is CC=[N-].CC=[N-].Cc1ccnc(-c2cc(C)ccn2)c1.[Ru+3].[c-]1ccccc1-c1ccccn1. The first-order valence-electron chi connectivity index (χ1n) is 10.1. The summed E-state index contributed by atoms with van der Waals surface area (Å²) in [5, 5.41) is 14.9. The van der Waals surface area contributed by atoms with Gasteiger partial charge in [0.1, 0.15) is 0 Å². The molecule has 0 fully saturated rings. The molecule has 0 amide bonds. The van der Waals surface area contributed by atoms with E-state index in [0.29, 0.717) is 0 Å². The van der Waals surface area contributed by atoms with Gasteiger partial charge >= 0.3 is 19.5 Å². The molecule has 0 unspecified atom stereocenters. The molecule has 1 radical (unpaired) electrons. The summed E-state index contributed by atoms with van der Waals surface area (Å²) in [4.78, 5) is 12.8. The van der Waals surface area contributed by atoms with E-state index >= 15 is 0 Å². The van der Waals surface area contributed by atoms with Gasteiger partial charge in [-0.05, 0) is 61.0 Å². The number of rotatable bonds is 2. The molecule has 0 aliphatic rings. The van der Waals surface area contributed by atoms with Crippen molar-refractivity contribution < 1.29 is 19.5 Å². The van der Waals surface area contributed by atoms with Gasteiger partial charge in [0, 0.05) is 18.6 Å². The van der Waals surface area contributed by atoms with Crippen molar-refractivity contribution in [2.75, 3.05) is 0 Å². The van der Waals surface area contributed by atoms with Crippen molar-refractivity contribution >= 4 is 12.4 Å². The Labute approximate surface area is 210 Å². The Bertz CT molecular complexity index is 967.